The number of benzene rings is 1. The molecule has 7 nitrogen and oxygen atoms in total. The maximum absolute atomic E-state index is 11.8. The Morgan fingerprint density at radius 2 is 2.14 bits per heavy atom. The SMILES string of the molecule is CCOc1ccc(NC(=O)CNC(=O)C2COCCN2)cc1. The molecule has 2 rings (SSSR count). The molecule has 7 heteroatoms. The van der Waals surface area contributed by atoms with Gasteiger partial charge in [0.15, 0.2) is 0 Å². The molecule has 1 aromatic carbocycles. The predicted octanol–water partition coefficient (Wildman–Crippen LogP) is 0.128. The molecule has 120 valence electrons. The minimum absolute atomic E-state index is 0.0791. The van der Waals surface area contributed by atoms with Crippen molar-refractivity contribution in [2.75, 3.05) is 38.2 Å². The molecule has 1 fully saturated rings. The highest BCUT2D eigenvalue weighted by Crippen LogP contribution is 2.15. The summed E-state index contributed by atoms with van der Waals surface area (Å²) in [5, 5.41) is 8.32. The van der Waals surface area contributed by atoms with Crippen molar-refractivity contribution in [2.24, 2.45) is 0 Å². The lowest BCUT2D eigenvalue weighted by Crippen LogP contribution is -2.52. The number of hydrogen-bond donors (Lipinski definition) is 3. The molecule has 1 heterocycles. The maximum Gasteiger partial charge on any atom is 0.243 e. The van der Waals surface area contributed by atoms with Crippen molar-refractivity contribution in [3.8, 4) is 5.75 Å². The van der Waals surface area contributed by atoms with E-state index in [1.807, 2.05) is 6.92 Å². The van der Waals surface area contributed by atoms with Crippen LogP contribution in [0.5, 0.6) is 5.75 Å². The Hall–Kier alpha value is -2.12. The van der Waals surface area contributed by atoms with E-state index in [1.54, 1.807) is 24.3 Å². The van der Waals surface area contributed by atoms with Crippen LogP contribution in [-0.4, -0.2) is 50.8 Å². The lowest BCUT2D eigenvalue weighted by molar-refractivity contribution is -0.128. The van der Waals surface area contributed by atoms with Gasteiger partial charge in [-0.1, -0.05) is 0 Å². The molecule has 0 aliphatic carbocycles. The van der Waals surface area contributed by atoms with Gasteiger partial charge < -0.3 is 25.4 Å². The van der Waals surface area contributed by atoms with E-state index in [1.165, 1.54) is 0 Å². The van der Waals surface area contributed by atoms with Crippen molar-refractivity contribution < 1.29 is 19.1 Å². The maximum atomic E-state index is 11.8. The van der Waals surface area contributed by atoms with E-state index in [2.05, 4.69) is 16.0 Å². The van der Waals surface area contributed by atoms with Crippen molar-refractivity contribution in [1.82, 2.24) is 10.6 Å². The lowest BCUT2D eigenvalue weighted by Gasteiger charge is -2.22. The Balaban J connectivity index is 1.73. The first-order valence-corrected chi connectivity index (χ1v) is 7.30. The van der Waals surface area contributed by atoms with E-state index in [0.29, 0.717) is 32.1 Å². The third-order valence-electron chi connectivity index (χ3n) is 3.11. The summed E-state index contributed by atoms with van der Waals surface area (Å²) in [6.07, 6.45) is 0. The van der Waals surface area contributed by atoms with Crippen molar-refractivity contribution in [3.63, 3.8) is 0 Å². The zero-order valence-corrected chi connectivity index (χ0v) is 12.6. The standard InChI is InChI=1S/C15H21N3O4/c1-2-22-12-5-3-11(4-6-12)18-14(19)9-17-15(20)13-10-21-8-7-16-13/h3-6,13,16H,2,7-10H2,1H3,(H,17,20)(H,18,19). The summed E-state index contributed by atoms with van der Waals surface area (Å²) >= 11 is 0. The average molecular weight is 307 g/mol. The summed E-state index contributed by atoms with van der Waals surface area (Å²) in [5.74, 6) is 0.230. The highest BCUT2D eigenvalue weighted by atomic mass is 16.5. The fraction of sp³-hybridized carbons (Fsp3) is 0.467. The second-order valence-electron chi connectivity index (χ2n) is 4.80. The summed E-state index contributed by atoms with van der Waals surface area (Å²) in [7, 11) is 0. The summed E-state index contributed by atoms with van der Waals surface area (Å²) in [6, 6.07) is 6.66. The molecule has 1 saturated heterocycles. The summed E-state index contributed by atoms with van der Waals surface area (Å²) in [4.78, 5) is 23.6. The number of carbonyl (C=O) groups is 2. The lowest BCUT2D eigenvalue weighted by atomic mass is 10.2. The van der Waals surface area contributed by atoms with Gasteiger partial charge >= 0.3 is 0 Å². The second-order valence-corrected chi connectivity index (χ2v) is 4.80. The van der Waals surface area contributed by atoms with Gasteiger partial charge in [0.05, 0.1) is 26.4 Å². The Bertz CT molecular complexity index is 498. The Kier molecular flexibility index (Phi) is 6.17. The van der Waals surface area contributed by atoms with Crippen molar-refractivity contribution >= 4 is 17.5 Å². The van der Waals surface area contributed by atoms with Gasteiger partial charge in [0.2, 0.25) is 11.8 Å². The first kappa shape index (κ1) is 16.3. The molecule has 0 bridgehead atoms. The highest BCUT2D eigenvalue weighted by Gasteiger charge is 2.21. The van der Waals surface area contributed by atoms with Gasteiger partial charge in [0, 0.05) is 12.2 Å². The third kappa shape index (κ3) is 5.01. The summed E-state index contributed by atoms with van der Waals surface area (Å²) < 4.78 is 10.5. The fourth-order valence-corrected chi connectivity index (χ4v) is 2.03. The molecule has 1 atom stereocenters. The van der Waals surface area contributed by atoms with Crippen LogP contribution in [0, 0.1) is 0 Å². The van der Waals surface area contributed by atoms with Crippen LogP contribution in [0.2, 0.25) is 0 Å². The molecular formula is C15H21N3O4. The van der Waals surface area contributed by atoms with E-state index in [-0.39, 0.29) is 18.4 Å². The van der Waals surface area contributed by atoms with Gasteiger partial charge in [0.1, 0.15) is 11.8 Å². The Labute approximate surface area is 129 Å². The number of carbonyl (C=O) groups excluding carboxylic acids is 2. The predicted molar refractivity (Wildman–Crippen MR) is 81.9 cm³/mol. The molecule has 1 aliphatic heterocycles. The van der Waals surface area contributed by atoms with E-state index in [9.17, 15) is 9.59 Å². The van der Waals surface area contributed by atoms with E-state index >= 15 is 0 Å². The van der Waals surface area contributed by atoms with Gasteiger partial charge in [-0.05, 0) is 31.2 Å². The number of hydrogen-bond acceptors (Lipinski definition) is 5. The number of rotatable bonds is 6. The van der Waals surface area contributed by atoms with Crippen LogP contribution in [-0.2, 0) is 14.3 Å². The number of amides is 2. The zero-order chi connectivity index (χ0) is 15.8. The quantitative estimate of drug-likeness (QED) is 0.695. The molecular weight excluding hydrogens is 286 g/mol. The Morgan fingerprint density at radius 3 is 2.77 bits per heavy atom. The highest BCUT2D eigenvalue weighted by molar-refractivity contribution is 5.95. The molecule has 22 heavy (non-hydrogen) atoms. The number of morpholine rings is 1. The molecule has 1 unspecified atom stereocenters. The average Bonchev–Trinajstić information content (AvgIpc) is 2.55. The molecule has 3 N–H and O–H groups in total. The molecule has 1 aliphatic rings. The van der Waals surface area contributed by atoms with Crippen molar-refractivity contribution in [1.29, 1.82) is 0 Å². The van der Waals surface area contributed by atoms with E-state index in [0.717, 1.165) is 5.75 Å². The number of anilines is 1. The Morgan fingerprint density at radius 1 is 1.36 bits per heavy atom. The van der Waals surface area contributed by atoms with Crippen molar-refractivity contribution in [2.45, 2.75) is 13.0 Å². The van der Waals surface area contributed by atoms with Crippen LogP contribution >= 0.6 is 0 Å². The normalized spacial score (nSPS) is 17.6. The number of nitrogens with one attached hydrogen (secondary N) is 3. The zero-order valence-electron chi connectivity index (χ0n) is 12.6. The van der Waals surface area contributed by atoms with Gasteiger partial charge in [-0.3, -0.25) is 9.59 Å². The monoisotopic (exact) mass is 307 g/mol. The number of ether oxygens (including phenoxy) is 2. The largest absolute Gasteiger partial charge is 0.494 e. The van der Waals surface area contributed by atoms with Crippen LogP contribution in [0.3, 0.4) is 0 Å². The minimum atomic E-state index is -0.396. The van der Waals surface area contributed by atoms with E-state index in [4.69, 9.17) is 9.47 Å². The third-order valence-corrected chi connectivity index (χ3v) is 3.11. The van der Waals surface area contributed by atoms with Crippen LogP contribution < -0.4 is 20.7 Å². The van der Waals surface area contributed by atoms with Crippen LogP contribution in [0.1, 0.15) is 6.92 Å². The van der Waals surface area contributed by atoms with Gasteiger partial charge in [-0.15, -0.1) is 0 Å². The second kappa shape index (κ2) is 8.35. The van der Waals surface area contributed by atoms with Gasteiger partial charge in [-0.25, -0.2) is 0 Å². The van der Waals surface area contributed by atoms with Crippen LogP contribution in [0.15, 0.2) is 24.3 Å². The summed E-state index contributed by atoms with van der Waals surface area (Å²) in [6.45, 7) is 3.98. The topological polar surface area (TPSA) is 88.7 Å². The first-order chi connectivity index (χ1) is 10.7. The van der Waals surface area contributed by atoms with Gasteiger partial charge in [-0.2, -0.15) is 0 Å². The first-order valence-electron chi connectivity index (χ1n) is 7.30. The molecule has 2 amide bonds. The fourth-order valence-electron chi connectivity index (χ4n) is 2.03. The molecule has 1 aromatic rings. The van der Waals surface area contributed by atoms with Crippen LogP contribution in [0.25, 0.3) is 0 Å². The van der Waals surface area contributed by atoms with E-state index < -0.39 is 6.04 Å². The molecule has 0 spiro atoms. The van der Waals surface area contributed by atoms with Crippen molar-refractivity contribution in [3.05, 3.63) is 24.3 Å². The molecule has 0 aromatic heterocycles. The molecule has 0 saturated carbocycles. The smallest absolute Gasteiger partial charge is 0.243 e. The van der Waals surface area contributed by atoms with Gasteiger partial charge in [0.25, 0.3) is 0 Å². The van der Waals surface area contributed by atoms with Crippen LogP contribution in [0.4, 0.5) is 5.69 Å². The molecule has 0 radical (unpaired) electrons. The summed E-state index contributed by atoms with van der Waals surface area (Å²) in [5.41, 5.74) is 0.654. The minimum Gasteiger partial charge on any atom is -0.494 e.